The molecule has 0 fully saturated rings. The Kier molecular flexibility index (Phi) is 8.09. The number of aliphatic imine (C=N–C) groups is 1. The summed E-state index contributed by atoms with van der Waals surface area (Å²) in [7, 11) is 0. The fourth-order valence-corrected chi connectivity index (χ4v) is 2.55. The van der Waals surface area contributed by atoms with Gasteiger partial charge in [0.05, 0.1) is 12.2 Å². The molecule has 2 aromatic rings. The molecule has 0 aliphatic heterocycles. The highest BCUT2D eigenvalue weighted by Crippen LogP contribution is 2.11. The Bertz CT molecular complexity index is 903. The van der Waals surface area contributed by atoms with Crippen molar-refractivity contribution in [2.24, 2.45) is 4.99 Å². The molecular weight excluding hydrogens is 370 g/mol. The zero-order valence-electron chi connectivity index (χ0n) is 16.8. The fraction of sp³-hybridized carbons (Fsp3) is 0.273. The molecule has 0 aliphatic rings. The predicted octanol–water partition coefficient (Wildman–Crippen LogP) is 3.41. The van der Waals surface area contributed by atoms with Gasteiger partial charge < -0.3 is 15.2 Å². The van der Waals surface area contributed by atoms with Crippen LogP contribution in [0.15, 0.2) is 64.9 Å². The third-order valence-corrected chi connectivity index (χ3v) is 3.98. The summed E-state index contributed by atoms with van der Waals surface area (Å²) < 4.78 is 5.10. The quantitative estimate of drug-likeness (QED) is 0.309. The molecule has 0 radical (unpaired) electrons. The normalized spacial score (nSPS) is 12.9. The van der Waals surface area contributed by atoms with Crippen LogP contribution in [0, 0.1) is 6.92 Å². The van der Waals surface area contributed by atoms with Crippen molar-refractivity contribution in [3.8, 4) is 0 Å². The lowest BCUT2D eigenvalue weighted by molar-refractivity contribution is -0.144. The molecule has 1 aromatic carbocycles. The van der Waals surface area contributed by atoms with Crippen molar-refractivity contribution in [3.63, 3.8) is 0 Å². The third-order valence-electron chi connectivity index (χ3n) is 3.98. The van der Waals surface area contributed by atoms with E-state index in [-0.39, 0.29) is 17.9 Å². The average Bonchev–Trinajstić information content (AvgIpc) is 2.68. The number of benzene rings is 1. The molecule has 0 saturated heterocycles. The van der Waals surface area contributed by atoms with E-state index in [1.807, 2.05) is 30.3 Å². The number of hydrogen-bond donors (Lipinski definition) is 2. The van der Waals surface area contributed by atoms with Crippen molar-refractivity contribution in [3.05, 3.63) is 71.1 Å². The van der Waals surface area contributed by atoms with Crippen LogP contribution in [-0.2, 0) is 20.7 Å². The molecule has 0 spiro atoms. The number of carbonyl (C=O) groups is 2. The molecular formula is C22H25N3O4. The number of aryl methyl sites for hydroxylation is 1. The van der Waals surface area contributed by atoms with Crippen LogP contribution in [0.1, 0.15) is 25.1 Å². The minimum atomic E-state index is -0.836. The van der Waals surface area contributed by atoms with Crippen LogP contribution in [0.2, 0.25) is 0 Å². The summed E-state index contributed by atoms with van der Waals surface area (Å²) in [4.78, 5) is 33.3. The van der Waals surface area contributed by atoms with Crippen LogP contribution in [0.3, 0.4) is 0 Å². The van der Waals surface area contributed by atoms with E-state index in [2.05, 4.69) is 15.3 Å². The number of aromatic nitrogens is 1. The predicted molar refractivity (Wildman–Crippen MR) is 112 cm³/mol. The lowest BCUT2D eigenvalue weighted by atomic mass is 10.1. The van der Waals surface area contributed by atoms with Crippen molar-refractivity contribution >= 4 is 23.9 Å². The molecule has 1 aromatic heterocycles. The van der Waals surface area contributed by atoms with E-state index in [9.17, 15) is 14.7 Å². The number of rotatable bonds is 8. The van der Waals surface area contributed by atoms with E-state index in [1.54, 1.807) is 32.0 Å². The van der Waals surface area contributed by atoms with Gasteiger partial charge in [0.25, 0.3) is 5.91 Å². The number of amides is 1. The second kappa shape index (κ2) is 10.8. The molecule has 0 unspecified atom stereocenters. The largest absolute Gasteiger partial charge is 0.512 e. The summed E-state index contributed by atoms with van der Waals surface area (Å²) >= 11 is 0. The smallest absolute Gasteiger partial charge is 0.331 e. The Morgan fingerprint density at radius 3 is 2.55 bits per heavy atom. The number of esters is 1. The molecule has 29 heavy (non-hydrogen) atoms. The Morgan fingerprint density at radius 2 is 1.93 bits per heavy atom. The van der Waals surface area contributed by atoms with E-state index in [4.69, 9.17) is 4.74 Å². The second-order valence-electron chi connectivity index (χ2n) is 6.35. The van der Waals surface area contributed by atoms with Gasteiger partial charge in [0, 0.05) is 18.3 Å². The standard InChI is InChI=1S/C22H25N3O4/c1-4-29-22(28)19(13-17-10-6-5-7-11-17)23-14-18(16(3)26)21(27)25-20-12-8-9-15(2)24-20/h5-12,14,19,26H,4,13H2,1-3H3,(H,24,25,27)/b18-16-,23-14?/t19-/m0/s1. The molecule has 0 bridgehead atoms. The number of nitrogens with one attached hydrogen (secondary N) is 1. The molecule has 1 amide bonds. The number of anilines is 1. The Morgan fingerprint density at radius 1 is 1.21 bits per heavy atom. The second-order valence-corrected chi connectivity index (χ2v) is 6.35. The van der Waals surface area contributed by atoms with Gasteiger partial charge in [-0.15, -0.1) is 0 Å². The van der Waals surface area contributed by atoms with Crippen molar-refractivity contribution in [2.75, 3.05) is 11.9 Å². The first-order valence-electron chi connectivity index (χ1n) is 9.29. The highest BCUT2D eigenvalue weighted by atomic mass is 16.5. The number of carbonyl (C=O) groups excluding carboxylic acids is 2. The van der Waals surface area contributed by atoms with Gasteiger partial charge in [0.2, 0.25) is 0 Å². The van der Waals surface area contributed by atoms with Crippen molar-refractivity contribution in [1.82, 2.24) is 4.98 Å². The monoisotopic (exact) mass is 395 g/mol. The van der Waals surface area contributed by atoms with Crippen LogP contribution >= 0.6 is 0 Å². The van der Waals surface area contributed by atoms with E-state index in [0.29, 0.717) is 12.2 Å². The minimum absolute atomic E-state index is 0.0596. The molecule has 7 heteroatoms. The number of allylic oxidation sites excluding steroid dienone is 1. The van der Waals surface area contributed by atoms with Gasteiger partial charge in [-0.3, -0.25) is 9.79 Å². The summed E-state index contributed by atoms with van der Waals surface area (Å²) in [6, 6.07) is 13.7. The maximum Gasteiger partial charge on any atom is 0.331 e. The van der Waals surface area contributed by atoms with Crippen molar-refractivity contribution < 1.29 is 19.4 Å². The van der Waals surface area contributed by atoms with Gasteiger partial charge in [-0.1, -0.05) is 36.4 Å². The summed E-state index contributed by atoms with van der Waals surface area (Å²) in [5.74, 6) is -0.938. The van der Waals surface area contributed by atoms with Gasteiger partial charge >= 0.3 is 5.97 Å². The van der Waals surface area contributed by atoms with E-state index in [0.717, 1.165) is 11.3 Å². The van der Waals surface area contributed by atoms with Crippen LogP contribution in [0.4, 0.5) is 5.82 Å². The fourth-order valence-electron chi connectivity index (χ4n) is 2.55. The summed E-state index contributed by atoms with van der Waals surface area (Å²) in [6.07, 6.45) is 1.51. The minimum Gasteiger partial charge on any atom is -0.512 e. The highest BCUT2D eigenvalue weighted by molar-refractivity contribution is 6.18. The van der Waals surface area contributed by atoms with Crippen molar-refractivity contribution in [2.45, 2.75) is 33.2 Å². The molecule has 0 aliphatic carbocycles. The van der Waals surface area contributed by atoms with Crippen LogP contribution in [0.25, 0.3) is 0 Å². The van der Waals surface area contributed by atoms with Crippen molar-refractivity contribution in [1.29, 1.82) is 0 Å². The lowest BCUT2D eigenvalue weighted by Crippen LogP contribution is -2.25. The first kappa shape index (κ1) is 21.8. The first-order chi connectivity index (χ1) is 13.9. The van der Waals surface area contributed by atoms with Crippen LogP contribution < -0.4 is 5.32 Å². The molecule has 2 N–H and O–H groups in total. The van der Waals surface area contributed by atoms with Crippen LogP contribution in [-0.4, -0.2) is 40.8 Å². The SMILES string of the molecule is CCOC(=O)[C@H](Cc1ccccc1)N=C/C(C(=O)Nc1cccc(C)n1)=C(\C)O. The molecule has 0 saturated carbocycles. The topological polar surface area (TPSA) is 101 Å². The third kappa shape index (κ3) is 6.88. The number of ether oxygens (including phenoxy) is 1. The number of nitrogens with zero attached hydrogens (tertiary/aromatic N) is 2. The Labute approximate surface area is 170 Å². The molecule has 152 valence electrons. The number of pyridine rings is 1. The van der Waals surface area contributed by atoms with E-state index >= 15 is 0 Å². The van der Waals surface area contributed by atoms with Gasteiger partial charge in [0.1, 0.15) is 11.6 Å². The molecule has 7 nitrogen and oxygen atoms in total. The molecule has 1 atom stereocenters. The summed E-state index contributed by atoms with van der Waals surface area (Å²) in [6.45, 7) is 5.12. The Hall–Kier alpha value is -3.48. The number of aliphatic hydroxyl groups excluding tert-OH is 1. The highest BCUT2D eigenvalue weighted by Gasteiger charge is 2.20. The zero-order chi connectivity index (χ0) is 21.2. The van der Waals surface area contributed by atoms with E-state index in [1.165, 1.54) is 13.1 Å². The maximum absolute atomic E-state index is 12.6. The summed E-state index contributed by atoms with van der Waals surface area (Å²) in [5, 5.41) is 12.6. The zero-order valence-corrected chi connectivity index (χ0v) is 16.8. The number of hydrogen-bond acceptors (Lipinski definition) is 6. The number of aliphatic hydroxyl groups is 1. The van der Waals surface area contributed by atoms with Gasteiger partial charge in [-0.05, 0) is 38.5 Å². The van der Waals surface area contributed by atoms with Gasteiger partial charge in [-0.2, -0.15) is 0 Å². The maximum atomic E-state index is 12.6. The molecule has 1 heterocycles. The Balaban J connectivity index is 2.21. The van der Waals surface area contributed by atoms with Gasteiger partial charge in [-0.25, -0.2) is 9.78 Å². The van der Waals surface area contributed by atoms with Crippen LogP contribution in [0.5, 0.6) is 0 Å². The average molecular weight is 395 g/mol. The summed E-state index contributed by atoms with van der Waals surface area (Å²) in [5.41, 5.74) is 1.59. The first-order valence-corrected chi connectivity index (χ1v) is 9.29. The van der Waals surface area contributed by atoms with E-state index < -0.39 is 17.9 Å². The lowest BCUT2D eigenvalue weighted by Gasteiger charge is -2.12. The molecule has 2 rings (SSSR count). The van der Waals surface area contributed by atoms with Gasteiger partial charge in [0.15, 0.2) is 6.04 Å².